The van der Waals surface area contributed by atoms with Crippen molar-refractivity contribution >= 4 is 17.8 Å². The normalized spacial score (nSPS) is 27.4. The zero-order valence-corrected chi connectivity index (χ0v) is 15.0. The van der Waals surface area contributed by atoms with Crippen LogP contribution in [-0.2, 0) is 9.59 Å². The molecule has 0 aromatic carbocycles. The molecule has 2 saturated heterocycles. The summed E-state index contributed by atoms with van der Waals surface area (Å²) in [6.07, 6.45) is 1.81. The molecular weight excluding hydrogens is 312 g/mol. The van der Waals surface area contributed by atoms with Crippen LogP contribution in [0.1, 0.15) is 33.1 Å². The maximum Gasteiger partial charge on any atom is 0.325 e. The first-order chi connectivity index (χ1) is 11.0. The number of likely N-dealkylation sites (tertiary alicyclic amines) is 1. The number of hydrogen-bond acceptors (Lipinski definition) is 5. The summed E-state index contributed by atoms with van der Waals surface area (Å²) in [5, 5.41) is 13.2. The van der Waals surface area contributed by atoms with E-state index in [2.05, 4.69) is 5.32 Å². The van der Waals surface area contributed by atoms with Gasteiger partial charge in [0.2, 0.25) is 5.91 Å². The molecule has 0 bridgehead atoms. The van der Waals surface area contributed by atoms with Crippen molar-refractivity contribution in [1.29, 1.82) is 0 Å². The van der Waals surface area contributed by atoms with Gasteiger partial charge in [0.05, 0.1) is 5.60 Å². The second kappa shape index (κ2) is 6.68. The van der Waals surface area contributed by atoms with Crippen LogP contribution in [-0.4, -0.2) is 89.1 Å². The summed E-state index contributed by atoms with van der Waals surface area (Å²) in [6, 6.07) is -0.530. The van der Waals surface area contributed by atoms with Crippen molar-refractivity contribution in [3.8, 4) is 0 Å². The Balaban J connectivity index is 1.96. The molecule has 0 spiro atoms. The van der Waals surface area contributed by atoms with Crippen molar-refractivity contribution in [2.75, 3.05) is 40.3 Å². The Morgan fingerprint density at radius 3 is 2.46 bits per heavy atom. The van der Waals surface area contributed by atoms with Crippen molar-refractivity contribution in [2.24, 2.45) is 0 Å². The fraction of sp³-hybridized carbons (Fsp3) is 0.812. The third-order valence-electron chi connectivity index (χ3n) is 4.62. The molecule has 0 saturated carbocycles. The third-order valence-corrected chi connectivity index (χ3v) is 4.62. The van der Waals surface area contributed by atoms with Gasteiger partial charge in [-0.1, -0.05) is 0 Å². The minimum absolute atomic E-state index is 0.250. The number of carbonyl (C=O) groups excluding carboxylic acids is 3. The Hall–Kier alpha value is -1.67. The number of likely N-dealkylation sites (N-methyl/N-ethyl adjacent to an activating group) is 1. The molecule has 8 nitrogen and oxygen atoms in total. The Morgan fingerprint density at radius 2 is 1.92 bits per heavy atom. The number of imide groups is 1. The number of aliphatic hydroxyl groups is 1. The molecule has 2 rings (SSSR count). The van der Waals surface area contributed by atoms with Gasteiger partial charge in [0.25, 0.3) is 5.91 Å². The van der Waals surface area contributed by atoms with Crippen LogP contribution in [0.15, 0.2) is 0 Å². The van der Waals surface area contributed by atoms with Crippen LogP contribution in [0.2, 0.25) is 0 Å². The lowest BCUT2D eigenvalue weighted by atomic mass is 9.94. The molecule has 0 radical (unpaired) electrons. The van der Waals surface area contributed by atoms with E-state index in [4.69, 9.17) is 0 Å². The number of nitrogens with zero attached hydrogens (tertiary/aromatic N) is 3. The molecule has 8 heteroatoms. The molecule has 0 unspecified atom stereocenters. The summed E-state index contributed by atoms with van der Waals surface area (Å²) in [5.74, 6) is -0.648. The summed E-state index contributed by atoms with van der Waals surface area (Å²) < 4.78 is 0. The lowest BCUT2D eigenvalue weighted by molar-refractivity contribution is -0.138. The standard InChI is InChI=1S/C16H28N4O4/c1-15(2)13(22)20(14(23)17-15)10-12(21)19-8-5-6-16(24,7-9-19)11-18(3)4/h24H,5-11H2,1-4H3,(H,17,23)/t16-/m0/s1. The second-order valence-corrected chi connectivity index (χ2v) is 7.64. The highest BCUT2D eigenvalue weighted by atomic mass is 16.3. The van der Waals surface area contributed by atoms with Crippen LogP contribution in [0, 0.1) is 0 Å². The monoisotopic (exact) mass is 340 g/mol. The van der Waals surface area contributed by atoms with Crippen molar-refractivity contribution in [3.05, 3.63) is 0 Å². The first kappa shape index (κ1) is 18.7. The van der Waals surface area contributed by atoms with Gasteiger partial charge in [0, 0.05) is 19.6 Å². The Morgan fingerprint density at radius 1 is 1.25 bits per heavy atom. The van der Waals surface area contributed by atoms with Gasteiger partial charge in [-0.25, -0.2) is 4.79 Å². The zero-order valence-electron chi connectivity index (χ0n) is 15.0. The average molecular weight is 340 g/mol. The van der Waals surface area contributed by atoms with E-state index in [1.54, 1.807) is 18.7 Å². The van der Waals surface area contributed by atoms with Gasteiger partial charge in [-0.3, -0.25) is 14.5 Å². The number of amides is 4. The average Bonchev–Trinajstić information content (AvgIpc) is 2.60. The number of urea groups is 1. The highest BCUT2D eigenvalue weighted by Gasteiger charge is 2.45. The predicted octanol–water partition coefficient (Wildman–Crippen LogP) is -0.378. The summed E-state index contributed by atoms with van der Waals surface area (Å²) in [5.41, 5.74) is -1.77. The first-order valence-corrected chi connectivity index (χ1v) is 8.33. The van der Waals surface area contributed by atoms with E-state index in [9.17, 15) is 19.5 Å². The molecule has 24 heavy (non-hydrogen) atoms. The van der Waals surface area contributed by atoms with Gasteiger partial charge in [-0.2, -0.15) is 0 Å². The van der Waals surface area contributed by atoms with Gasteiger partial charge in [-0.15, -0.1) is 0 Å². The highest BCUT2D eigenvalue weighted by Crippen LogP contribution is 2.23. The van der Waals surface area contributed by atoms with Crippen LogP contribution in [0.4, 0.5) is 4.79 Å². The topological polar surface area (TPSA) is 93.2 Å². The van der Waals surface area contributed by atoms with Gasteiger partial charge >= 0.3 is 6.03 Å². The number of nitrogens with one attached hydrogen (secondary N) is 1. The number of hydrogen-bond donors (Lipinski definition) is 2. The zero-order chi connectivity index (χ0) is 18.1. The number of rotatable bonds is 4. The first-order valence-electron chi connectivity index (χ1n) is 8.33. The molecule has 0 aromatic heterocycles. The van der Waals surface area contributed by atoms with Crippen LogP contribution < -0.4 is 5.32 Å². The molecule has 2 fully saturated rings. The van der Waals surface area contributed by atoms with Crippen molar-refractivity contribution in [3.63, 3.8) is 0 Å². The maximum atomic E-state index is 12.5. The van der Waals surface area contributed by atoms with Gasteiger partial charge < -0.3 is 20.2 Å². The van der Waals surface area contributed by atoms with Crippen LogP contribution in [0.3, 0.4) is 0 Å². The molecule has 1 atom stereocenters. The Kier molecular flexibility index (Phi) is 5.19. The van der Waals surface area contributed by atoms with Crippen molar-refractivity contribution in [2.45, 2.75) is 44.2 Å². The molecular formula is C16H28N4O4. The number of carbonyl (C=O) groups is 3. The smallest absolute Gasteiger partial charge is 0.325 e. The second-order valence-electron chi connectivity index (χ2n) is 7.64. The Bertz CT molecular complexity index is 534. The van der Waals surface area contributed by atoms with E-state index in [-0.39, 0.29) is 18.4 Å². The molecule has 0 aromatic rings. The predicted molar refractivity (Wildman–Crippen MR) is 88.3 cm³/mol. The minimum Gasteiger partial charge on any atom is -0.388 e. The fourth-order valence-electron chi connectivity index (χ4n) is 3.37. The van der Waals surface area contributed by atoms with E-state index in [0.717, 1.165) is 4.90 Å². The van der Waals surface area contributed by atoms with Gasteiger partial charge in [-0.05, 0) is 47.2 Å². The van der Waals surface area contributed by atoms with Crippen molar-refractivity contribution < 1.29 is 19.5 Å². The summed E-state index contributed by atoms with van der Waals surface area (Å²) in [4.78, 5) is 41.1. The lowest BCUT2D eigenvalue weighted by Gasteiger charge is -2.30. The third kappa shape index (κ3) is 4.05. The van der Waals surface area contributed by atoms with Crippen molar-refractivity contribution in [1.82, 2.24) is 20.0 Å². The summed E-state index contributed by atoms with van der Waals surface area (Å²) in [7, 11) is 3.82. The summed E-state index contributed by atoms with van der Waals surface area (Å²) >= 11 is 0. The molecule has 2 N–H and O–H groups in total. The maximum absolute atomic E-state index is 12.5. The van der Waals surface area contributed by atoms with Crippen LogP contribution in [0.5, 0.6) is 0 Å². The molecule has 2 aliphatic heterocycles. The van der Waals surface area contributed by atoms with Gasteiger partial charge in [0.1, 0.15) is 12.1 Å². The van der Waals surface area contributed by atoms with E-state index in [0.29, 0.717) is 38.9 Å². The lowest BCUT2D eigenvalue weighted by Crippen LogP contribution is -2.45. The SMILES string of the molecule is CN(C)C[C@]1(O)CCCN(C(=O)CN2C(=O)NC(C)(C)C2=O)CC1. The fourth-order valence-corrected chi connectivity index (χ4v) is 3.37. The minimum atomic E-state index is -0.970. The van der Waals surface area contributed by atoms with E-state index in [1.165, 1.54) is 0 Å². The Labute approximate surface area is 142 Å². The largest absolute Gasteiger partial charge is 0.388 e. The van der Waals surface area contributed by atoms with Crippen LogP contribution in [0.25, 0.3) is 0 Å². The highest BCUT2D eigenvalue weighted by molar-refractivity contribution is 6.08. The molecule has 4 amide bonds. The van der Waals surface area contributed by atoms with Gasteiger partial charge in [0.15, 0.2) is 0 Å². The quantitative estimate of drug-likeness (QED) is 0.681. The van der Waals surface area contributed by atoms with E-state index in [1.807, 2.05) is 19.0 Å². The van der Waals surface area contributed by atoms with Crippen LogP contribution >= 0.6 is 0 Å². The molecule has 0 aliphatic carbocycles. The molecule has 136 valence electrons. The summed E-state index contributed by atoms with van der Waals surface area (Å²) in [6.45, 7) is 4.49. The molecule has 2 heterocycles. The van der Waals surface area contributed by atoms with E-state index >= 15 is 0 Å². The molecule has 2 aliphatic rings. The van der Waals surface area contributed by atoms with E-state index < -0.39 is 17.2 Å².